The summed E-state index contributed by atoms with van der Waals surface area (Å²) >= 11 is 0. The Morgan fingerprint density at radius 2 is 1.18 bits per heavy atom. The normalized spacial score (nSPS) is 15.8. The third-order valence-corrected chi connectivity index (χ3v) is 12.5. The van der Waals surface area contributed by atoms with E-state index in [1.54, 1.807) is 0 Å². The molecule has 0 radical (unpaired) electrons. The summed E-state index contributed by atoms with van der Waals surface area (Å²) in [5, 5.41) is 11.2. The molecule has 6 heteroatoms. The standard InChI is InChI=1S/C51H39N5O/c1-4-15-33(16-5-1)36-21-14-24-44-46(36)41-26-25-34(31-45(41)57-44)49-52-32-51(29-12-3-13-30-51)54-50(53-49)56-43-23-11-9-20-38(43)40-28-27-39-37-19-8-10-22-42(37)55(47(39)48(40)56)35-17-6-2-7-18-35/h1-2,4-11,14-28,31H,3,12-13,29-30,32H2,(H,52,53,54). The second-order valence-electron chi connectivity index (χ2n) is 15.8. The maximum atomic E-state index is 6.61. The second kappa shape index (κ2) is 12.6. The molecule has 0 unspecified atom stereocenters. The Bertz CT molecular complexity index is 3270. The van der Waals surface area contributed by atoms with Crippen LogP contribution in [0.15, 0.2) is 172 Å². The Kier molecular flexibility index (Phi) is 7.12. The van der Waals surface area contributed by atoms with E-state index in [4.69, 9.17) is 14.4 Å². The van der Waals surface area contributed by atoms with Gasteiger partial charge < -0.3 is 14.3 Å². The van der Waals surface area contributed by atoms with Gasteiger partial charge in [-0.1, -0.05) is 135 Å². The smallest absolute Gasteiger partial charge is 0.210 e. The van der Waals surface area contributed by atoms with Gasteiger partial charge in [0.1, 0.15) is 11.2 Å². The van der Waals surface area contributed by atoms with Crippen molar-refractivity contribution < 1.29 is 4.42 Å². The van der Waals surface area contributed by atoms with Crippen LogP contribution in [0.3, 0.4) is 0 Å². The number of hydrogen-bond acceptors (Lipinski definition) is 4. The summed E-state index contributed by atoms with van der Waals surface area (Å²) in [6.07, 6.45) is 5.67. The summed E-state index contributed by atoms with van der Waals surface area (Å²) in [6.45, 7) is 0.655. The van der Waals surface area contributed by atoms with Crippen molar-refractivity contribution in [1.82, 2.24) is 14.5 Å². The zero-order valence-electron chi connectivity index (χ0n) is 31.5. The highest BCUT2D eigenvalue weighted by atomic mass is 16.3. The number of hydrogen-bond donors (Lipinski definition) is 1. The SMILES string of the molecule is c1ccc(-c2cccc3oc4cc(C5=NCC6(CCCCC6)NC(n6c7ccccc7c7ccc8c9ccccc9n(-c9ccccc9)c8c76)=N5)ccc4c23)cc1. The molecule has 2 aliphatic rings. The molecule has 1 N–H and O–H groups in total. The van der Waals surface area contributed by atoms with E-state index in [1.165, 1.54) is 63.0 Å². The van der Waals surface area contributed by atoms with Crippen molar-refractivity contribution >= 4 is 77.3 Å². The molecule has 3 aromatic heterocycles. The van der Waals surface area contributed by atoms with Crippen LogP contribution in [-0.2, 0) is 0 Å². The summed E-state index contributed by atoms with van der Waals surface area (Å²) in [7, 11) is 0. The molecular formula is C51H39N5O. The summed E-state index contributed by atoms with van der Waals surface area (Å²) < 4.78 is 11.4. The fraction of sp³-hybridized carbons (Fsp3) is 0.137. The molecule has 1 fully saturated rings. The predicted octanol–water partition coefficient (Wildman–Crippen LogP) is 12.4. The maximum Gasteiger partial charge on any atom is 0.210 e. The molecule has 6 nitrogen and oxygen atoms in total. The van der Waals surface area contributed by atoms with Crippen LogP contribution in [0.5, 0.6) is 0 Å². The highest BCUT2D eigenvalue weighted by Crippen LogP contribution is 2.42. The summed E-state index contributed by atoms with van der Waals surface area (Å²) in [4.78, 5) is 11.0. The van der Waals surface area contributed by atoms with Crippen LogP contribution in [0.1, 0.15) is 37.7 Å². The van der Waals surface area contributed by atoms with Crippen molar-refractivity contribution in [2.24, 2.45) is 9.98 Å². The van der Waals surface area contributed by atoms with Gasteiger partial charge in [-0.2, -0.15) is 4.99 Å². The molecule has 274 valence electrons. The molecule has 0 atom stereocenters. The Morgan fingerprint density at radius 1 is 0.526 bits per heavy atom. The number of nitrogens with one attached hydrogen (secondary N) is 1. The minimum Gasteiger partial charge on any atom is -0.456 e. The Balaban J connectivity index is 1.12. The van der Waals surface area contributed by atoms with Crippen molar-refractivity contribution in [2.75, 3.05) is 6.54 Å². The quantitative estimate of drug-likeness (QED) is 0.196. The lowest BCUT2D eigenvalue weighted by atomic mass is 9.82. The van der Waals surface area contributed by atoms with Crippen LogP contribution in [0.25, 0.3) is 82.4 Å². The van der Waals surface area contributed by atoms with Gasteiger partial charge in [-0.25, -0.2) is 0 Å². The summed E-state index contributed by atoms with van der Waals surface area (Å²) in [6, 6.07) is 56.3. The lowest BCUT2D eigenvalue weighted by molar-refractivity contribution is 0.274. The van der Waals surface area contributed by atoms with Crippen molar-refractivity contribution in [2.45, 2.75) is 37.6 Å². The van der Waals surface area contributed by atoms with Crippen molar-refractivity contribution in [1.29, 1.82) is 0 Å². The van der Waals surface area contributed by atoms with Gasteiger partial charge in [0.05, 0.1) is 34.2 Å². The first-order valence-corrected chi connectivity index (χ1v) is 20.2. The molecule has 12 rings (SSSR count). The third kappa shape index (κ3) is 4.96. The molecular weight excluding hydrogens is 699 g/mol. The van der Waals surface area contributed by atoms with Gasteiger partial charge >= 0.3 is 0 Å². The molecule has 10 aromatic rings. The first-order chi connectivity index (χ1) is 28.2. The highest BCUT2D eigenvalue weighted by Gasteiger charge is 2.36. The summed E-state index contributed by atoms with van der Waals surface area (Å²) in [5.74, 6) is 1.53. The zero-order chi connectivity index (χ0) is 37.5. The molecule has 0 saturated heterocycles. The number of furan rings is 1. The van der Waals surface area contributed by atoms with E-state index in [0.29, 0.717) is 12.4 Å². The van der Waals surface area contributed by atoms with E-state index in [0.717, 1.165) is 63.0 Å². The van der Waals surface area contributed by atoms with E-state index < -0.39 is 0 Å². The fourth-order valence-electron chi connectivity index (χ4n) is 9.83. The lowest BCUT2D eigenvalue weighted by Gasteiger charge is -2.37. The number of fused-ring (bicyclic) bond motifs is 10. The number of aromatic nitrogens is 2. The largest absolute Gasteiger partial charge is 0.456 e. The minimum absolute atomic E-state index is 0.204. The van der Waals surface area contributed by atoms with Gasteiger partial charge in [-0.05, 0) is 66.4 Å². The average molecular weight is 738 g/mol. The first-order valence-electron chi connectivity index (χ1n) is 20.2. The highest BCUT2D eigenvalue weighted by molar-refractivity contribution is 6.26. The van der Waals surface area contributed by atoms with Crippen LogP contribution in [0.4, 0.5) is 0 Å². The third-order valence-electron chi connectivity index (χ3n) is 12.5. The second-order valence-corrected chi connectivity index (χ2v) is 15.8. The molecule has 1 aliphatic carbocycles. The van der Waals surface area contributed by atoms with Crippen LogP contribution in [0, 0.1) is 0 Å². The molecule has 1 saturated carbocycles. The van der Waals surface area contributed by atoms with Gasteiger partial charge in [-0.15, -0.1) is 0 Å². The van der Waals surface area contributed by atoms with Gasteiger partial charge in [0, 0.05) is 43.6 Å². The minimum atomic E-state index is -0.204. The number of nitrogens with zero attached hydrogens (tertiary/aromatic N) is 4. The average Bonchev–Trinajstić information content (AvgIpc) is 3.89. The number of para-hydroxylation sites is 3. The number of amidine groups is 1. The number of aliphatic imine (C=N–C) groups is 2. The van der Waals surface area contributed by atoms with Gasteiger partial charge in [-0.3, -0.25) is 9.56 Å². The van der Waals surface area contributed by atoms with E-state index >= 15 is 0 Å². The Morgan fingerprint density at radius 3 is 1.93 bits per heavy atom. The molecule has 57 heavy (non-hydrogen) atoms. The topological polar surface area (TPSA) is 59.8 Å². The van der Waals surface area contributed by atoms with Crippen LogP contribution < -0.4 is 5.32 Å². The van der Waals surface area contributed by atoms with Gasteiger partial charge in [0.2, 0.25) is 5.96 Å². The van der Waals surface area contributed by atoms with E-state index in [1.807, 2.05) is 0 Å². The van der Waals surface area contributed by atoms with E-state index in [-0.39, 0.29) is 5.54 Å². The number of benzene rings is 7. The van der Waals surface area contributed by atoms with E-state index in [2.05, 4.69) is 172 Å². The Hall–Kier alpha value is -6.92. The Labute approximate surface area is 329 Å². The summed E-state index contributed by atoms with van der Waals surface area (Å²) in [5.41, 5.74) is 10.5. The van der Waals surface area contributed by atoms with Crippen LogP contribution >= 0.6 is 0 Å². The monoisotopic (exact) mass is 737 g/mol. The van der Waals surface area contributed by atoms with Crippen molar-refractivity contribution in [3.05, 3.63) is 163 Å². The lowest BCUT2D eigenvalue weighted by Crippen LogP contribution is -2.53. The maximum absolute atomic E-state index is 6.61. The zero-order valence-corrected chi connectivity index (χ0v) is 31.5. The molecule has 0 bridgehead atoms. The van der Waals surface area contributed by atoms with E-state index in [9.17, 15) is 0 Å². The molecule has 4 heterocycles. The molecule has 1 spiro atoms. The van der Waals surface area contributed by atoms with Crippen LogP contribution in [0.2, 0.25) is 0 Å². The van der Waals surface area contributed by atoms with Crippen molar-refractivity contribution in [3.63, 3.8) is 0 Å². The van der Waals surface area contributed by atoms with Gasteiger partial charge in [0.15, 0.2) is 5.84 Å². The molecule has 7 aromatic carbocycles. The number of rotatable bonds is 3. The predicted molar refractivity (Wildman–Crippen MR) is 236 cm³/mol. The van der Waals surface area contributed by atoms with Gasteiger partial charge in [0.25, 0.3) is 0 Å². The van der Waals surface area contributed by atoms with Crippen LogP contribution in [-0.4, -0.2) is 33.0 Å². The fourth-order valence-corrected chi connectivity index (χ4v) is 9.83. The first kappa shape index (κ1) is 32.3. The van der Waals surface area contributed by atoms with Crippen molar-refractivity contribution in [3.8, 4) is 16.8 Å². The molecule has 0 amide bonds. The molecule has 1 aliphatic heterocycles.